The molecule has 0 fully saturated rings. The Labute approximate surface area is 109 Å². The van der Waals surface area contributed by atoms with Gasteiger partial charge in [0.1, 0.15) is 11.1 Å². The fraction of sp³-hybridized carbons (Fsp3) is 0.769. The molecule has 0 bridgehead atoms. The van der Waals surface area contributed by atoms with Gasteiger partial charge in [0.2, 0.25) is 0 Å². The van der Waals surface area contributed by atoms with Gasteiger partial charge in [-0.3, -0.25) is 0 Å². The van der Waals surface area contributed by atoms with Crippen LogP contribution in [0.2, 0.25) is 0 Å². The highest BCUT2D eigenvalue weighted by atomic mass is 32.1. The maximum absolute atomic E-state index is 5.68. The Morgan fingerprint density at radius 1 is 1.41 bits per heavy atom. The third-order valence-electron chi connectivity index (χ3n) is 2.70. The van der Waals surface area contributed by atoms with Crippen LogP contribution < -0.4 is 5.32 Å². The van der Waals surface area contributed by atoms with E-state index in [-0.39, 0.29) is 6.10 Å². The number of ether oxygens (including phenoxy) is 1. The molecule has 0 aromatic carbocycles. The number of nitrogens with zero attached hydrogens (tertiary/aromatic N) is 1. The molecule has 4 heteroatoms. The van der Waals surface area contributed by atoms with Crippen molar-refractivity contribution in [1.29, 1.82) is 0 Å². The summed E-state index contributed by atoms with van der Waals surface area (Å²) in [4.78, 5) is 4.68. The summed E-state index contributed by atoms with van der Waals surface area (Å²) in [6.45, 7) is 10.3. The number of thiazole rings is 1. The number of nitrogens with one attached hydrogen (secondary N) is 1. The Kier molecular flexibility index (Phi) is 6.70. The molecule has 0 aliphatic carbocycles. The molecule has 3 nitrogen and oxygen atoms in total. The molecular formula is C13H24N2OS. The van der Waals surface area contributed by atoms with Crippen LogP contribution in [0, 0.1) is 0 Å². The van der Waals surface area contributed by atoms with Crippen LogP contribution in [0.25, 0.3) is 0 Å². The summed E-state index contributed by atoms with van der Waals surface area (Å²) in [7, 11) is 0. The smallest absolute Gasteiger partial charge is 0.122 e. The molecule has 2 unspecified atom stereocenters. The lowest BCUT2D eigenvalue weighted by atomic mass is 10.2. The first-order chi connectivity index (χ1) is 8.22. The first-order valence-electron chi connectivity index (χ1n) is 6.53. The molecule has 1 rings (SSSR count). The minimum atomic E-state index is 0.164. The summed E-state index contributed by atoms with van der Waals surface area (Å²) in [5.41, 5.74) is 1.14. The summed E-state index contributed by atoms with van der Waals surface area (Å²) >= 11 is 1.71. The minimum absolute atomic E-state index is 0.164. The van der Waals surface area contributed by atoms with Crippen molar-refractivity contribution in [3.8, 4) is 0 Å². The average Bonchev–Trinajstić information content (AvgIpc) is 2.82. The number of rotatable bonds is 8. The molecule has 0 aliphatic rings. The highest BCUT2D eigenvalue weighted by Gasteiger charge is 2.15. The molecular weight excluding hydrogens is 232 g/mol. The Bertz CT molecular complexity index is 314. The molecule has 0 radical (unpaired) electrons. The maximum Gasteiger partial charge on any atom is 0.122 e. The zero-order chi connectivity index (χ0) is 12.7. The van der Waals surface area contributed by atoms with E-state index in [0.29, 0.717) is 6.04 Å². The highest BCUT2D eigenvalue weighted by Crippen LogP contribution is 2.26. The molecule has 0 aliphatic heterocycles. The Balaban J connectivity index is 2.62. The van der Waals surface area contributed by atoms with Gasteiger partial charge in [-0.15, -0.1) is 11.3 Å². The maximum atomic E-state index is 5.68. The normalized spacial score (nSPS) is 14.8. The fourth-order valence-corrected chi connectivity index (χ4v) is 2.72. The van der Waals surface area contributed by atoms with Crippen molar-refractivity contribution in [2.24, 2.45) is 0 Å². The van der Waals surface area contributed by atoms with Gasteiger partial charge in [-0.05, 0) is 33.2 Å². The number of aromatic nitrogens is 1. The zero-order valence-corrected chi connectivity index (χ0v) is 12.1. The Morgan fingerprint density at radius 3 is 2.76 bits per heavy atom. The SMILES string of the molecule is CCCNC(C)c1csc(C(CC)OCC)n1. The van der Waals surface area contributed by atoms with E-state index in [0.717, 1.165) is 36.7 Å². The van der Waals surface area contributed by atoms with Gasteiger partial charge in [-0.2, -0.15) is 0 Å². The molecule has 1 N–H and O–H groups in total. The molecule has 0 amide bonds. The van der Waals surface area contributed by atoms with Crippen LogP contribution in [0.3, 0.4) is 0 Å². The molecule has 17 heavy (non-hydrogen) atoms. The summed E-state index contributed by atoms with van der Waals surface area (Å²) in [6.07, 6.45) is 2.30. The van der Waals surface area contributed by atoms with E-state index in [1.54, 1.807) is 11.3 Å². The largest absolute Gasteiger partial charge is 0.371 e. The lowest BCUT2D eigenvalue weighted by Crippen LogP contribution is -2.19. The van der Waals surface area contributed by atoms with Gasteiger partial charge in [0.15, 0.2) is 0 Å². The van der Waals surface area contributed by atoms with Gasteiger partial charge in [0.05, 0.1) is 5.69 Å². The first kappa shape index (κ1) is 14.6. The molecule has 1 aromatic heterocycles. The van der Waals surface area contributed by atoms with Crippen LogP contribution in [0.4, 0.5) is 0 Å². The van der Waals surface area contributed by atoms with Crippen LogP contribution in [-0.2, 0) is 4.74 Å². The third-order valence-corrected chi connectivity index (χ3v) is 3.65. The van der Waals surface area contributed by atoms with Crippen LogP contribution in [-0.4, -0.2) is 18.1 Å². The van der Waals surface area contributed by atoms with Gasteiger partial charge in [0.25, 0.3) is 0 Å². The van der Waals surface area contributed by atoms with Gasteiger partial charge >= 0.3 is 0 Å². The molecule has 0 saturated carbocycles. The van der Waals surface area contributed by atoms with Gasteiger partial charge in [-0.1, -0.05) is 13.8 Å². The van der Waals surface area contributed by atoms with E-state index >= 15 is 0 Å². The second kappa shape index (κ2) is 7.80. The molecule has 98 valence electrons. The lowest BCUT2D eigenvalue weighted by Gasteiger charge is -2.12. The van der Waals surface area contributed by atoms with Gasteiger partial charge in [0, 0.05) is 18.0 Å². The predicted octanol–water partition coefficient (Wildman–Crippen LogP) is 3.69. The monoisotopic (exact) mass is 256 g/mol. The van der Waals surface area contributed by atoms with Gasteiger partial charge < -0.3 is 10.1 Å². The van der Waals surface area contributed by atoms with Crippen LogP contribution >= 0.6 is 11.3 Å². The summed E-state index contributed by atoms with van der Waals surface area (Å²) in [6, 6.07) is 0.332. The average molecular weight is 256 g/mol. The summed E-state index contributed by atoms with van der Waals surface area (Å²) in [5, 5.41) is 6.70. The molecule has 1 aromatic rings. The number of hydrogen-bond acceptors (Lipinski definition) is 4. The van der Waals surface area contributed by atoms with Crippen molar-refractivity contribution in [1.82, 2.24) is 10.3 Å². The van der Waals surface area contributed by atoms with Crippen molar-refractivity contribution < 1.29 is 4.74 Å². The third kappa shape index (κ3) is 4.37. The first-order valence-corrected chi connectivity index (χ1v) is 7.41. The topological polar surface area (TPSA) is 34.1 Å². The van der Waals surface area contributed by atoms with E-state index in [2.05, 4.69) is 36.5 Å². The van der Waals surface area contributed by atoms with Gasteiger partial charge in [-0.25, -0.2) is 4.98 Å². The quantitative estimate of drug-likeness (QED) is 0.770. The van der Waals surface area contributed by atoms with Crippen molar-refractivity contribution >= 4 is 11.3 Å². The standard InChI is InChI=1S/C13H24N2OS/c1-5-8-14-10(4)11-9-17-13(15-11)12(6-2)16-7-3/h9-10,12,14H,5-8H2,1-4H3. The van der Waals surface area contributed by atoms with Crippen LogP contribution in [0.5, 0.6) is 0 Å². The lowest BCUT2D eigenvalue weighted by molar-refractivity contribution is 0.0595. The van der Waals surface area contributed by atoms with E-state index < -0.39 is 0 Å². The van der Waals surface area contributed by atoms with Crippen LogP contribution in [0.1, 0.15) is 63.4 Å². The molecule has 0 saturated heterocycles. The minimum Gasteiger partial charge on any atom is -0.371 e. The number of hydrogen-bond donors (Lipinski definition) is 1. The molecule has 2 atom stereocenters. The van der Waals surface area contributed by atoms with Crippen molar-refractivity contribution in [2.45, 2.75) is 52.7 Å². The summed E-state index contributed by atoms with van der Waals surface area (Å²) in [5.74, 6) is 0. The Hall–Kier alpha value is -0.450. The molecule has 0 spiro atoms. The predicted molar refractivity (Wildman–Crippen MR) is 73.5 cm³/mol. The van der Waals surface area contributed by atoms with E-state index in [1.165, 1.54) is 0 Å². The van der Waals surface area contributed by atoms with E-state index in [4.69, 9.17) is 4.74 Å². The van der Waals surface area contributed by atoms with Crippen molar-refractivity contribution in [2.75, 3.05) is 13.2 Å². The van der Waals surface area contributed by atoms with Crippen LogP contribution in [0.15, 0.2) is 5.38 Å². The van der Waals surface area contributed by atoms with E-state index in [1.807, 2.05) is 6.92 Å². The highest BCUT2D eigenvalue weighted by molar-refractivity contribution is 7.09. The second-order valence-corrected chi connectivity index (χ2v) is 5.03. The second-order valence-electron chi connectivity index (χ2n) is 4.14. The van der Waals surface area contributed by atoms with E-state index in [9.17, 15) is 0 Å². The summed E-state index contributed by atoms with van der Waals surface area (Å²) < 4.78 is 5.68. The Morgan fingerprint density at radius 2 is 2.18 bits per heavy atom. The van der Waals surface area contributed by atoms with Crippen molar-refractivity contribution in [3.63, 3.8) is 0 Å². The zero-order valence-electron chi connectivity index (χ0n) is 11.3. The van der Waals surface area contributed by atoms with Crippen molar-refractivity contribution in [3.05, 3.63) is 16.1 Å². The molecule has 1 heterocycles. The fourth-order valence-electron chi connectivity index (χ4n) is 1.68.